The van der Waals surface area contributed by atoms with E-state index in [-0.39, 0.29) is 0 Å². The third kappa shape index (κ3) is 3.10. The van der Waals surface area contributed by atoms with Gasteiger partial charge in [-0.2, -0.15) is 0 Å². The minimum absolute atomic E-state index is 0.545. The molecule has 21 heavy (non-hydrogen) atoms. The molecule has 0 aliphatic heterocycles. The molecule has 3 rings (SSSR count). The van der Waals surface area contributed by atoms with Crippen LogP contribution in [0.2, 0.25) is 0 Å². The van der Waals surface area contributed by atoms with Crippen molar-refractivity contribution in [3.8, 4) is 5.75 Å². The van der Waals surface area contributed by atoms with Crippen LogP contribution < -0.4 is 4.74 Å². The lowest BCUT2D eigenvalue weighted by atomic mass is 10.2. The Morgan fingerprint density at radius 1 is 0.952 bits per heavy atom. The zero-order chi connectivity index (χ0) is 14.7. The largest absolute Gasteiger partial charge is 0.489 e. The van der Waals surface area contributed by atoms with Crippen molar-refractivity contribution < 1.29 is 14.2 Å². The van der Waals surface area contributed by atoms with Crippen LogP contribution in [0.3, 0.4) is 0 Å². The van der Waals surface area contributed by atoms with E-state index in [0.717, 1.165) is 10.2 Å². The molecule has 0 saturated carbocycles. The van der Waals surface area contributed by atoms with E-state index in [1.54, 1.807) is 29.8 Å². The first-order chi connectivity index (χ1) is 10.3. The van der Waals surface area contributed by atoms with Crippen LogP contribution in [0.15, 0.2) is 27.4 Å². The Labute approximate surface area is 139 Å². The molecule has 112 valence electrons. The van der Waals surface area contributed by atoms with Gasteiger partial charge in [0.05, 0.1) is 29.2 Å². The molecule has 3 aromatic rings. The number of fused-ring (bicyclic) bond motifs is 2. The molecule has 0 aliphatic carbocycles. The highest BCUT2D eigenvalue weighted by Crippen LogP contribution is 2.45. The van der Waals surface area contributed by atoms with Crippen LogP contribution >= 0.6 is 38.6 Å². The number of thiophene rings is 2. The summed E-state index contributed by atoms with van der Waals surface area (Å²) in [6.45, 7) is 2.33. The normalized spacial score (nSPS) is 11.5. The Morgan fingerprint density at radius 3 is 2.48 bits per heavy atom. The second-order valence-electron chi connectivity index (χ2n) is 4.42. The first-order valence-corrected chi connectivity index (χ1v) is 9.13. The summed E-state index contributed by atoms with van der Waals surface area (Å²) in [5.41, 5.74) is 0. The minimum Gasteiger partial charge on any atom is -0.489 e. The molecule has 2 aromatic heterocycles. The maximum absolute atomic E-state index is 6.01. The molecule has 0 aliphatic rings. The molecule has 0 unspecified atom stereocenters. The number of hydrogen-bond acceptors (Lipinski definition) is 5. The second kappa shape index (κ2) is 7.07. The predicted molar refractivity (Wildman–Crippen MR) is 93.1 cm³/mol. The zero-order valence-electron chi connectivity index (χ0n) is 11.6. The van der Waals surface area contributed by atoms with Crippen molar-refractivity contribution in [3.63, 3.8) is 0 Å². The minimum atomic E-state index is 0.545. The van der Waals surface area contributed by atoms with Crippen LogP contribution in [0, 0.1) is 0 Å². The lowest BCUT2D eigenvalue weighted by Gasteiger charge is -2.10. The Bertz CT molecular complexity index is 683. The topological polar surface area (TPSA) is 27.7 Å². The van der Waals surface area contributed by atoms with Gasteiger partial charge in [-0.25, -0.2) is 0 Å². The lowest BCUT2D eigenvalue weighted by Crippen LogP contribution is -2.10. The highest BCUT2D eigenvalue weighted by molar-refractivity contribution is 9.11. The smallest absolute Gasteiger partial charge is 0.145 e. The van der Waals surface area contributed by atoms with E-state index in [1.807, 2.05) is 0 Å². The summed E-state index contributed by atoms with van der Waals surface area (Å²) in [7, 11) is 1.67. The Kier molecular flexibility index (Phi) is 5.13. The molecular weight excluding hydrogens is 372 g/mol. The Morgan fingerprint density at radius 2 is 1.67 bits per heavy atom. The number of hydrogen-bond donors (Lipinski definition) is 0. The molecule has 0 spiro atoms. The first-order valence-electron chi connectivity index (χ1n) is 6.58. The van der Waals surface area contributed by atoms with Gasteiger partial charge in [-0.05, 0) is 38.8 Å². The van der Waals surface area contributed by atoms with Crippen molar-refractivity contribution in [2.75, 3.05) is 33.5 Å². The van der Waals surface area contributed by atoms with Gasteiger partial charge in [-0.15, -0.1) is 22.7 Å². The van der Waals surface area contributed by atoms with Crippen molar-refractivity contribution in [2.24, 2.45) is 0 Å². The summed E-state index contributed by atoms with van der Waals surface area (Å²) in [6, 6.07) is 4.25. The van der Waals surface area contributed by atoms with Crippen LogP contribution in [0.1, 0.15) is 0 Å². The van der Waals surface area contributed by atoms with Gasteiger partial charge < -0.3 is 14.2 Å². The SMILES string of the molecule is COCCOCCOc1c2ccsc2c(Br)c2ccsc12. The van der Waals surface area contributed by atoms with Gasteiger partial charge in [-0.1, -0.05) is 0 Å². The number of rotatable bonds is 7. The molecule has 0 atom stereocenters. The van der Waals surface area contributed by atoms with Gasteiger partial charge in [0.1, 0.15) is 12.4 Å². The molecule has 0 saturated heterocycles. The van der Waals surface area contributed by atoms with E-state index in [1.165, 1.54) is 20.2 Å². The van der Waals surface area contributed by atoms with Crippen molar-refractivity contribution in [3.05, 3.63) is 27.4 Å². The molecule has 0 radical (unpaired) electrons. The standard InChI is InChI=1S/C15H15BrO3S2/c1-17-4-5-18-6-7-19-13-11-3-9-20-14(11)12(16)10-2-8-21-15(10)13/h2-3,8-9H,4-7H2,1H3. The van der Waals surface area contributed by atoms with Crippen LogP contribution in [-0.4, -0.2) is 33.5 Å². The zero-order valence-corrected chi connectivity index (χ0v) is 14.8. The summed E-state index contributed by atoms with van der Waals surface area (Å²) < 4.78 is 20.0. The summed E-state index contributed by atoms with van der Waals surface area (Å²) in [4.78, 5) is 0. The van der Waals surface area contributed by atoms with E-state index >= 15 is 0 Å². The van der Waals surface area contributed by atoms with E-state index in [0.29, 0.717) is 26.4 Å². The van der Waals surface area contributed by atoms with Gasteiger partial charge in [0, 0.05) is 22.4 Å². The maximum Gasteiger partial charge on any atom is 0.145 e. The summed E-state index contributed by atoms with van der Waals surface area (Å²) in [6.07, 6.45) is 0. The van der Waals surface area contributed by atoms with E-state index < -0.39 is 0 Å². The Hall–Kier alpha value is -0.660. The van der Waals surface area contributed by atoms with Crippen molar-refractivity contribution in [1.29, 1.82) is 0 Å². The molecule has 6 heteroatoms. The van der Waals surface area contributed by atoms with E-state index in [9.17, 15) is 0 Å². The van der Waals surface area contributed by atoms with Crippen LogP contribution in [0.5, 0.6) is 5.75 Å². The molecule has 0 amide bonds. The monoisotopic (exact) mass is 386 g/mol. The number of halogens is 1. The van der Waals surface area contributed by atoms with Gasteiger partial charge in [0.15, 0.2) is 0 Å². The highest BCUT2D eigenvalue weighted by atomic mass is 79.9. The van der Waals surface area contributed by atoms with Crippen molar-refractivity contribution in [1.82, 2.24) is 0 Å². The number of ether oxygens (including phenoxy) is 3. The van der Waals surface area contributed by atoms with Gasteiger partial charge in [0.25, 0.3) is 0 Å². The van der Waals surface area contributed by atoms with E-state index in [2.05, 4.69) is 38.8 Å². The number of benzene rings is 1. The molecule has 0 N–H and O–H groups in total. The van der Waals surface area contributed by atoms with Crippen molar-refractivity contribution >= 4 is 58.8 Å². The third-order valence-electron chi connectivity index (χ3n) is 3.12. The average Bonchev–Trinajstić information content (AvgIpc) is 3.15. The molecule has 2 heterocycles. The second-order valence-corrected chi connectivity index (χ2v) is 7.05. The quantitative estimate of drug-likeness (QED) is 0.539. The van der Waals surface area contributed by atoms with Crippen LogP contribution in [0.4, 0.5) is 0 Å². The summed E-state index contributed by atoms with van der Waals surface area (Å²) >= 11 is 7.14. The summed E-state index contributed by atoms with van der Waals surface area (Å²) in [5.74, 6) is 0.967. The van der Waals surface area contributed by atoms with Gasteiger partial charge >= 0.3 is 0 Å². The van der Waals surface area contributed by atoms with E-state index in [4.69, 9.17) is 14.2 Å². The van der Waals surface area contributed by atoms with Crippen molar-refractivity contribution in [2.45, 2.75) is 0 Å². The Balaban J connectivity index is 1.81. The third-order valence-corrected chi connectivity index (χ3v) is 6.05. The maximum atomic E-state index is 6.01. The molecule has 0 bridgehead atoms. The van der Waals surface area contributed by atoms with Crippen LogP contribution in [-0.2, 0) is 9.47 Å². The molecule has 3 nitrogen and oxygen atoms in total. The average molecular weight is 387 g/mol. The van der Waals surface area contributed by atoms with Gasteiger partial charge in [-0.3, -0.25) is 0 Å². The fraction of sp³-hybridized carbons (Fsp3) is 0.333. The fourth-order valence-corrected chi connectivity index (χ4v) is 4.86. The highest BCUT2D eigenvalue weighted by Gasteiger charge is 2.15. The molecular formula is C15H15BrO3S2. The summed E-state index contributed by atoms with van der Waals surface area (Å²) in [5, 5.41) is 6.57. The lowest BCUT2D eigenvalue weighted by molar-refractivity contribution is 0.0549. The first kappa shape index (κ1) is 15.2. The fourth-order valence-electron chi connectivity index (χ4n) is 2.15. The van der Waals surface area contributed by atoms with Gasteiger partial charge in [0.2, 0.25) is 0 Å². The molecule has 0 fully saturated rings. The van der Waals surface area contributed by atoms with Crippen LogP contribution in [0.25, 0.3) is 20.2 Å². The molecule has 1 aromatic carbocycles. The number of methoxy groups -OCH3 is 1. The predicted octanol–water partition coefficient (Wildman–Crippen LogP) is 4.92.